The number of amides is 1. The molecule has 31 heavy (non-hydrogen) atoms. The highest BCUT2D eigenvalue weighted by atomic mass is 16.2. The molecule has 0 bridgehead atoms. The Bertz CT molecular complexity index is 1230. The van der Waals surface area contributed by atoms with Gasteiger partial charge in [-0.05, 0) is 49.8 Å². The minimum Gasteiger partial charge on any atom is -0.337 e. The van der Waals surface area contributed by atoms with Crippen molar-refractivity contribution in [1.82, 2.24) is 20.0 Å². The van der Waals surface area contributed by atoms with E-state index in [1.165, 1.54) is 0 Å². The third-order valence-corrected chi connectivity index (χ3v) is 6.26. The van der Waals surface area contributed by atoms with Crippen LogP contribution in [0.3, 0.4) is 0 Å². The average Bonchev–Trinajstić information content (AvgIpc) is 3.46. The third kappa shape index (κ3) is 3.62. The monoisotopic (exact) mass is 410 g/mol. The molecule has 5 rings (SSSR count). The zero-order valence-corrected chi connectivity index (χ0v) is 17.9. The van der Waals surface area contributed by atoms with Crippen LogP contribution in [-0.2, 0) is 0 Å². The number of likely N-dealkylation sites (tertiary alicyclic amines) is 1. The van der Waals surface area contributed by atoms with Gasteiger partial charge in [0, 0.05) is 35.6 Å². The van der Waals surface area contributed by atoms with Crippen molar-refractivity contribution in [3.8, 4) is 22.4 Å². The zero-order valence-electron chi connectivity index (χ0n) is 17.9. The van der Waals surface area contributed by atoms with Gasteiger partial charge in [-0.2, -0.15) is 5.10 Å². The second-order valence-electron chi connectivity index (χ2n) is 8.40. The van der Waals surface area contributed by atoms with Crippen LogP contribution < -0.4 is 0 Å². The molecule has 1 amide bonds. The fraction of sp³-hybridized carbons (Fsp3) is 0.231. The van der Waals surface area contributed by atoms with Crippen molar-refractivity contribution >= 4 is 16.8 Å². The fourth-order valence-corrected chi connectivity index (χ4v) is 4.44. The van der Waals surface area contributed by atoms with E-state index in [1.54, 1.807) is 0 Å². The first-order chi connectivity index (χ1) is 15.1. The fourth-order valence-electron chi connectivity index (χ4n) is 4.44. The topological polar surface area (TPSA) is 52.2 Å². The van der Waals surface area contributed by atoms with Gasteiger partial charge < -0.3 is 9.80 Å². The van der Waals surface area contributed by atoms with Gasteiger partial charge in [-0.15, -0.1) is 0 Å². The molecule has 1 fully saturated rings. The van der Waals surface area contributed by atoms with Gasteiger partial charge in [0.15, 0.2) is 0 Å². The number of likely N-dealkylation sites (N-methyl/N-ethyl adjacent to an activating group) is 1. The van der Waals surface area contributed by atoms with Crippen LogP contribution in [0.1, 0.15) is 16.8 Å². The zero-order chi connectivity index (χ0) is 21.4. The number of rotatable bonds is 4. The van der Waals surface area contributed by atoms with Gasteiger partial charge in [0.05, 0.1) is 5.52 Å². The lowest BCUT2D eigenvalue weighted by Crippen LogP contribution is -2.34. The summed E-state index contributed by atoms with van der Waals surface area (Å²) in [7, 11) is 4.15. The van der Waals surface area contributed by atoms with Crippen LogP contribution in [0.5, 0.6) is 0 Å². The predicted molar refractivity (Wildman–Crippen MR) is 125 cm³/mol. The molecule has 5 heteroatoms. The molecule has 1 aromatic heterocycles. The number of hydrogen-bond acceptors (Lipinski definition) is 3. The molecule has 5 nitrogen and oxygen atoms in total. The Morgan fingerprint density at radius 3 is 2.48 bits per heavy atom. The Morgan fingerprint density at radius 1 is 1.00 bits per heavy atom. The Hall–Kier alpha value is -3.44. The maximum atomic E-state index is 13.2. The van der Waals surface area contributed by atoms with Gasteiger partial charge in [-0.25, -0.2) is 0 Å². The van der Waals surface area contributed by atoms with Gasteiger partial charge in [-0.1, -0.05) is 54.6 Å². The Kier molecular flexibility index (Phi) is 5.04. The standard InChI is InChI=1S/C26H26N4O/c1-29(2)20-14-15-30(17-20)26(31)19-12-13-24-23(16-19)25(28-27-24)22-11-7-6-10-21(22)18-8-4-3-5-9-18/h3-13,16,20H,14-15,17H2,1-2H3,(H,27,28). The van der Waals surface area contributed by atoms with E-state index in [0.29, 0.717) is 11.6 Å². The largest absolute Gasteiger partial charge is 0.337 e. The molecule has 1 aliphatic rings. The number of carbonyl (C=O) groups excluding carboxylic acids is 1. The van der Waals surface area contributed by atoms with Gasteiger partial charge in [-0.3, -0.25) is 9.89 Å². The van der Waals surface area contributed by atoms with Crippen molar-refractivity contribution in [1.29, 1.82) is 0 Å². The number of aromatic nitrogens is 2. The molecule has 3 aromatic carbocycles. The number of H-pyrrole nitrogens is 1. The smallest absolute Gasteiger partial charge is 0.253 e. The SMILES string of the molecule is CN(C)C1CCN(C(=O)c2ccc3[nH]nc(-c4ccccc4-c4ccccc4)c3c2)C1. The van der Waals surface area contributed by atoms with Crippen LogP contribution in [-0.4, -0.2) is 59.1 Å². The molecule has 0 aliphatic carbocycles. The molecular weight excluding hydrogens is 384 g/mol. The second kappa shape index (κ2) is 8.00. The van der Waals surface area contributed by atoms with E-state index >= 15 is 0 Å². The lowest BCUT2D eigenvalue weighted by atomic mass is 9.96. The molecule has 0 saturated carbocycles. The number of aromatic amines is 1. The summed E-state index contributed by atoms with van der Waals surface area (Å²) >= 11 is 0. The lowest BCUT2D eigenvalue weighted by Gasteiger charge is -2.20. The molecule has 0 radical (unpaired) electrons. The quantitative estimate of drug-likeness (QED) is 0.532. The number of nitrogens with zero attached hydrogens (tertiary/aromatic N) is 3. The number of benzene rings is 3. The molecule has 4 aromatic rings. The van der Waals surface area contributed by atoms with Crippen molar-refractivity contribution in [2.45, 2.75) is 12.5 Å². The Morgan fingerprint density at radius 2 is 1.74 bits per heavy atom. The second-order valence-corrected chi connectivity index (χ2v) is 8.40. The summed E-state index contributed by atoms with van der Waals surface area (Å²) in [5.74, 6) is 0.0924. The first kappa shape index (κ1) is 19.5. The van der Waals surface area contributed by atoms with E-state index in [2.05, 4.69) is 53.5 Å². The van der Waals surface area contributed by atoms with Crippen LogP contribution >= 0.6 is 0 Å². The maximum Gasteiger partial charge on any atom is 0.253 e. The first-order valence-corrected chi connectivity index (χ1v) is 10.7. The van der Waals surface area contributed by atoms with Crippen LogP contribution in [0.4, 0.5) is 0 Å². The van der Waals surface area contributed by atoms with E-state index in [1.807, 2.05) is 53.4 Å². The number of hydrogen-bond donors (Lipinski definition) is 1. The van der Waals surface area contributed by atoms with Crippen molar-refractivity contribution < 1.29 is 4.79 Å². The highest BCUT2D eigenvalue weighted by Crippen LogP contribution is 2.35. The van der Waals surface area contributed by atoms with Crippen molar-refractivity contribution in [3.63, 3.8) is 0 Å². The first-order valence-electron chi connectivity index (χ1n) is 10.7. The Labute approximate surface area is 182 Å². The van der Waals surface area contributed by atoms with Gasteiger partial charge in [0.25, 0.3) is 5.91 Å². The van der Waals surface area contributed by atoms with Crippen LogP contribution in [0, 0.1) is 0 Å². The van der Waals surface area contributed by atoms with Gasteiger partial charge in [0.2, 0.25) is 0 Å². The number of nitrogens with one attached hydrogen (secondary N) is 1. The molecule has 1 atom stereocenters. The summed E-state index contributed by atoms with van der Waals surface area (Å²) in [4.78, 5) is 17.4. The lowest BCUT2D eigenvalue weighted by molar-refractivity contribution is 0.0783. The summed E-state index contributed by atoms with van der Waals surface area (Å²) in [5, 5.41) is 8.74. The Balaban J connectivity index is 1.54. The minimum absolute atomic E-state index is 0.0924. The van der Waals surface area contributed by atoms with E-state index < -0.39 is 0 Å². The predicted octanol–water partition coefficient (Wildman–Crippen LogP) is 4.67. The van der Waals surface area contributed by atoms with Crippen molar-refractivity contribution in [3.05, 3.63) is 78.4 Å². The molecule has 1 saturated heterocycles. The number of fused-ring (bicyclic) bond motifs is 1. The molecule has 1 N–H and O–H groups in total. The molecule has 1 aliphatic heterocycles. The van der Waals surface area contributed by atoms with E-state index in [9.17, 15) is 4.79 Å². The summed E-state index contributed by atoms with van der Waals surface area (Å²) in [6.07, 6.45) is 1.02. The molecule has 1 unspecified atom stereocenters. The van der Waals surface area contributed by atoms with Crippen LogP contribution in [0.2, 0.25) is 0 Å². The average molecular weight is 411 g/mol. The highest BCUT2D eigenvalue weighted by molar-refractivity contribution is 6.03. The normalized spacial score (nSPS) is 16.4. The molecule has 2 heterocycles. The molecule has 156 valence electrons. The highest BCUT2D eigenvalue weighted by Gasteiger charge is 2.28. The summed E-state index contributed by atoms with van der Waals surface area (Å²) in [5.41, 5.74) is 5.85. The van der Waals surface area contributed by atoms with E-state index in [-0.39, 0.29) is 5.91 Å². The maximum absolute atomic E-state index is 13.2. The summed E-state index contributed by atoms with van der Waals surface area (Å²) in [6, 6.07) is 24.9. The van der Waals surface area contributed by atoms with Crippen molar-refractivity contribution in [2.75, 3.05) is 27.2 Å². The van der Waals surface area contributed by atoms with Crippen molar-refractivity contribution in [2.24, 2.45) is 0 Å². The summed E-state index contributed by atoms with van der Waals surface area (Å²) in [6.45, 7) is 1.58. The van der Waals surface area contributed by atoms with Gasteiger partial charge in [0.1, 0.15) is 5.69 Å². The van der Waals surface area contributed by atoms with E-state index in [0.717, 1.165) is 52.8 Å². The molecule has 0 spiro atoms. The summed E-state index contributed by atoms with van der Waals surface area (Å²) < 4.78 is 0. The number of carbonyl (C=O) groups is 1. The minimum atomic E-state index is 0.0924. The van der Waals surface area contributed by atoms with E-state index in [4.69, 9.17) is 0 Å². The van der Waals surface area contributed by atoms with Gasteiger partial charge >= 0.3 is 0 Å². The molecular formula is C26H26N4O. The van der Waals surface area contributed by atoms with Crippen LogP contribution in [0.15, 0.2) is 72.8 Å². The van der Waals surface area contributed by atoms with Crippen LogP contribution in [0.25, 0.3) is 33.3 Å². The third-order valence-electron chi connectivity index (χ3n) is 6.26.